The summed E-state index contributed by atoms with van der Waals surface area (Å²) in [6, 6.07) is 3.65. The van der Waals surface area contributed by atoms with E-state index in [0.29, 0.717) is 29.2 Å². The Morgan fingerprint density at radius 1 is 1.12 bits per heavy atom. The predicted octanol–water partition coefficient (Wildman–Crippen LogP) is 5.03. The molecule has 3 amide bonds. The summed E-state index contributed by atoms with van der Waals surface area (Å²) in [5.41, 5.74) is 0.800. The molecule has 52 heavy (non-hydrogen) atoms. The van der Waals surface area contributed by atoms with Crippen molar-refractivity contribution in [1.82, 2.24) is 15.2 Å². The summed E-state index contributed by atoms with van der Waals surface area (Å²) >= 11 is 5.23. The van der Waals surface area contributed by atoms with Gasteiger partial charge in [-0.1, -0.05) is 47.1 Å². The first-order chi connectivity index (χ1) is 24.3. The van der Waals surface area contributed by atoms with Gasteiger partial charge in [0.25, 0.3) is 5.91 Å². The molecule has 0 bridgehead atoms. The summed E-state index contributed by atoms with van der Waals surface area (Å²) in [5, 5.41) is 28.1. The zero-order chi connectivity index (χ0) is 39.2. The van der Waals surface area contributed by atoms with Crippen LogP contribution in [0.4, 0.5) is 5.69 Å². The molecule has 5 atom stereocenters. The fraction of sp³-hybridized carbons (Fsp3) is 0.618. The van der Waals surface area contributed by atoms with Crippen molar-refractivity contribution in [3.63, 3.8) is 0 Å². The number of carbonyl (C=O) groups excluding carboxylic acids is 3. The summed E-state index contributed by atoms with van der Waals surface area (Å²) in [7, 11) is -3.08. The second-order valence-corrected chi connectivity index (χ2v) is 15.9. The van der Waals surface area contributed by atoms with Gasteiger partial charge in [0.1, 0.15) is 22.6 Å². The molecule has 0 aliphatic carbocycles. The van der Waals surface area contributed by atoms with Crippen molar-refractivity contribution in [2.24, 2.45) is 17.8 Å². The van der Waals surface area contributed by atoms with Gasteiger partial charge < -0.3 is 40.3 Å². The van der Waals surface area contributed by atoms with Crippen LogP contribution in [0.1, 0.15) is 100 Å². The number of aliphatic hydroxyl groups excluding tert-OH is 1. The van der Waals surface area contributed by atoms with Crippen molar-refractivity contribution in [1.29, 1.82) is 0 Å². The molecule has 0 radical (unpaired) electrons. The quantitative estimate of drug-likeness (QED) is 0.0447. The number of amides is 3. The lowest BCUT2D eigenvalue weighted by molar-refractivity contribution is -0.141. The first kappa shape index (κ1) is 45.1. The molecular weight excluding hydrogens is 735 g/mol. The average molecular weight is 789 g/mol. The summed E-state index contributed by atoms with van der Waals surface area (Å²) < 4.78 is 20.8. The number of hydrogen-bond acceptors (Lipinski definition) is 11. The van der Waals surface area contributed by atoms with E-state index in [1.54, 1.807) is 24.1 Å². The molecule has 0 saturated carbocycles. The van der Waals surface area contributed by atoms with Crippen LogP contribution in [0.25, 0.3) is 0 Å². The number of carboxylic acids is 1. The number of aliphatic carboxylic acids is 1. The van der Waals surface area contributed by atoms with Gasteiger partial charge in [-0.2, -0.15) is 12.6 Å². The molecular formula is C34H53N4O11PS2. The molecule has 0 saturated heterocycles. The number of rotatable bonds is 23. The first-order valence-electron chi connectivity index (χ1n) is 17.1. The minimum Gasteiger partial charge on any atom is -0.481 e. The third-order valence-corrected chi connectivity index (χ3v) is 10.3. The fourth-order valence-electron chi connectivity index (χ4n) is 5.33. The van der Waals surface area contributed by atoms with Gasteiger partial charge in [-0.25, -0.2) is 14.1 Å². The summed E-state index contributed by atoms with van der Waals surface area (Å²) in [5.74, 6) is -2.00. The van der Waals surface area contributed by atoms with Crippen LogP contribution in [-0.2, 0) is 29.9 Å². The molecule has 1 heterocycles. The van der Waals surface area contributed by atoms with Gasteiger partial charge in [0, 0.05) is 43.8 Å². The molecule has 15 nitrogen and oxygen atoms in total. The Morgan fingerprint density at radius 2 is 1.81 bits per heavy atom. The van der Waals surface area contributed by atoms with E-state index in [1.807, 2.05) is 27.7 Å². The lowest BCUT2D eigenvalue weighted by Gasteiger charge is -2.33. The minimum atomic E-state index is -4.82. The summed E-state index contributed by atoms with van der Waals surface area (Å²) in [4.78, 5) is 74.7. The number of thiol groups is 1. The summed E-state index contributed by atoms with van der Waals surface area (Å²) in [6.45, 7) is 8.72. The van der Waals surface area contributed by atoms with Gasteiger partial charge in [-0.3, -0.25) is 19.2 Å². The van der Waals surface area contributed by atoms with Crippen LogP contribution in [0.15, 0.2) is 23.6 Å². The number of thiazole rings is 1. The van der Waals surface area contributed by atoms with Crippen molar-refractivity contribution < 1.29 is 53.0 Å². The van der Waals surface area contributed by atoms with Gasteiger partial charge in [0.05, 0.1) is 11.6 Å². The Kier molecular flexibility index (Phi) is 18.7. The molecule has 292 valence electrons. The Morgan fingerprint density at radius 3 is 2.40 bits per heavy atom. The van der Waals surface area contributed by atoms with Crippen molar-refractivity contribution >= 4 is 61.2 Å². The third-order valence-electron chi connectivity index (χ3n) is 8.58. The fourth-order valence-corrected chi connectivity index (χ4v) is 6.47. The molecule has 0 aliphatic heterocycles. The van der Waals surface area contributed by atoms with Crippen LogP contribution in [-0.4, -0.2) is 85.3 Å². The molecule has 2 rings (SSSR count). The first-order valence-corrected chi connectivity index (χ1v) is 20.2. The van der Waals surface area contributed by atoms with Crippen LogP contribution in [0.2, 0.25) is 0 Å². The number of carboxylic acid groups (broad SMARTS) is 1. The van der Waals surface area contributed by atoms with E-state index in [1.165, 1.54) is 18.4 Å². The van der Waals surface area contributed by atoms with E-state index in [0.717, 1.165) is 17.8 Å². The zero-order valence-electron chi connectivity index (χ0n) is 30.5. The van der Waals surface area contributed by atoms with Gasteiger partial charge in [-0.15, -0.1) is 11.3 Å². The number of carbonyl (C=O) groups is 4. The SMILES string of the molecule is CC[C@H](C)CC(=O)N(C)[C@H](C[C@@H](O)c1nc(C(=O)N[C@@H](Cc2ccc(OCOP(=O)(O)O)c(NC(=O)CCCS)c2)CC(C)C(=O)O)cs1)C(C)C. The van der Waals surface area contributed by atoms with Crippen LogP contribution in [0.5, 0.6) is 5.75 Å². The zero-order valence-corrected chi connectivity index (χ0v) is 33.1. The largest absolute Gasteiger partial charge is 0.481 e. The molecule has 6 N–H and O–H groups in total. The maximum atomic E-state index is 13.4. The number of aromatic nitrogens is 1. The molecule has 2 aromatic rings. The molecule has 0 fully saturated rings. The lowest BCUT2D eigenvalue weighted by atomic mass is 9.95. The van der Waals surface area contributed by atoms with E-state index in [4.69, 9.17) is 14.5 Å². The Balaban J connectivity index is 2.27. The van der Waals surface area contributed by atoms with Crippen molar-refractivity contribution in [3.8, 4) is 5.75 Å². The summed E-state index contributed by atoms with van der Waals surface area (Å²) in [6.07, 6.45) is 1.31. The maximum Gasteiger partial charge on any atom is 0.472 e. The van der Waals surface area contributed by atoms with Crippen LogP contribution in [0, 0.1) is 17.8 Å². The normalized spacial score (nSPS) is 14.6. The van der Waals surface area contributed by atoms with Crippen molar-refractivity contribution in [2.45, 2.75) is 97.8 Å². The highest BCUT2D eigenvalue weighted by atomic mass is 32.1. The highest BCUT2D eigenvalue weighted by Crippen LogP contribution is 2.36. The third kappa shape index (κ3) is 15.5. The van der Waals surface area contributed by atoms with Gasteiger partial charge in [0.2, 0.25) is 11.8 Å². The lowest BCUT2D eigenvalue weighted by Crippen LogP contribution is -2.41. The molecule has 0 aliphatic rings. The second kappa shape index (κ2) is 21.6. The smallest absolute Gasteiger partial charge is 0.472 e. The molecule has 1 aromatic carbocycles. The topological polar surface area (TPSA) is 225 Å². The van der Waals surface area contributed by atoms with Crippen LogP contribution < -0.4 is 15.4 Å². The van der Waals surface area contributed by atoms with E-state index >= 15 is 0 Å². The highest BCUT2D eigenvalue weighted by molar-refractivity contribution is 7.80. The number of nitrogens with one attached hydrogen (secondary N) is 2. The van der Waals surface area contributed by atoms with E-state index in [9.17, 15) is 34.0 Å². The minimum absolute atomic E-state index is 0.000157. The van der Waals surface area contributed by atoms with Gasteiger partial charge in [0.15, 0.2) is 6.79 Å². The molecule has 18 heteroatoms. The van der Waals surface area contributed by atoms with Crippen LogP contribution in [0.3, 0.4) is 0 Å². The average Bonchev–Trinajstić information content (AvgIpc) is 3.57. The van der Waals surface area contributed by atoms with Gasteiger partial charge >= 0.3 is 13.8 Å². The second-order valence-electron chi connectivity index (χ2n) is 13.3. The number of ether oxygens (including phenoxy) is 1. The number of phosphoric ester groups is 1. The van der Waals surface area contributed by atoms with Gasteiger partial charge in [-0.05, 0) is 54.5 Å². The Hall–Kier alpha value is -3.05. The number of benzene rings is 1. The van der Waals surface area contributed by atoms with Crippen molar-refractivity contribution in [3.05, 3.63) is 39.8 Å². The Labute approximate surface area is 314 Å². The highest BCUT2D eigenvalue weighted by Gasteiger charge is 2.29. The van der Waals surface area contributed by atoms with Crippen molar-refractivity contribution in [2.75, 3.05) is 24.9 Å². The maximum absolute atomic E-state index is 13.4. The standard InChI is InChI=1S/C34H53N4O11PS2/c1-7-21(4)13-31(41)38(6)27(20(2)3)17-28(39)33-37-26(18-52-33)32(42)35-24(14-22(5)34(43)44)15-23-10-11-29(48-19-49-50(45,46)47)25(16-23)36-30(40)9-8-12-51/h10-11,16,18,20-22,24,27-28,39,51H,7-9,12-15,17,19H2,1-6H3,(H,35,42)(H,36,40)(H,43,44)(H2,45,46,47)/t21-,22?,24+,27+,28+/m0/s1. The van der Waals surface area contributed by atoms with E-state index < -0.39 is 44.6 Å². The predicted molar refractivity (Wildman–Crippen MR) is 200 cm³/mol. The van der Waals surface area contributed by atoms with Crippen LogP contribution >= 0.6 is 31.8 Å². The van der Waals surface area contributed by atoms with E-state index in [-0.39, 0.29) is 72.5 Å². The monoisotopic (exact) mass is 788 g/mol. The number of anilines is 1. The number of aliphatic hydroxyl groups is 1. The number of phosphoric acid groups is 1. The number of hydrogen-bond donors (Lipinski definition) is 7. The van der Waals surface area contributed by atoms with E-state index in [2.05, 4.69) is 32.8 Å². The molecule has 1 unspecified atom stereocenters. The number of nitrogens with zero attached hydrogens (tertiary/aromatic N) is 2. The Bertz CT molecular complexity index is 1540. The molecule has 0 spiro atoms. The molecule has 1 aromatic heterocycles.